The van der Waals surface area contributed by atoms with Gasteiger partial charge in [-0.15, -0.1) is 0 Å². The summed E-state index contributed by atoms with van der Waals surface area (Å²) in [4.78, 5) is 14.8. The van der Waals surface area contributed by atoms with E-state index >= 15 is 0 Å². The van der Waals surface area contributed by atoms with Gasteiger partial charge in [0.05, 0.1) is 11.7 Å². The Hall–Kier alpha value is -0.570. The molecule has 2 saturated carbocycles. The largest absolute Gasteiger partial charge is 0.326 e. The third kappa shape index (κ3) is 1.97. The van der Waals surface area contributed by atoms with Crippen molar-refractivity contribution < 1.29 is 4.79 Å². The second-order valence-corrected chi connectivity index (χ2v) is 6.85. The maximum atomic E-state index is 12.7. The van der Waals surface area contributed by atoms with Crippen LogP contribution in [0, 0.1) is 11.8 Å². The molecular weight excluding hydrogens is 224 g/mol. The minimum Gasteiger partial charge on any atom is -0.326 e. The minimum absolute atomic E-state index is 0.177. The summed E-state index contributed by atoms with van der Waals surface area (Å²) in [6.07, 6.45) is 8.72. The second kappa shape index (κ2) is 4.52. The Labute approximate surface area is 110 Å². The number of nitrogens with zero attached hydrogens (tertiary/aromatic N) is 1. The SMILES string of the molecule is CC1CCC(CN2C(=O)C3(CCCC3)NC2C)C1. The summed E-state index contributed by atoms with van der Waals surface area (Å²) in [6, 6.07) is 0. The Bertz CT molecular complexity index is 335. The van der Waals surface area contributed by atoms with Gasteiger partial charge in [0, 0.05) is 6.54 Å². The Morgan fingerprint density at radius 1 is 1.28 bits per heavy atom. The normalized spacial score (nSPS) is 39.1. The topological polar surface area (TPSA) is 32.3 Å². The highest BCUT2D eigenvalue weighted by molar-refractivity contribution is 5.89. The van der Waals surface area contributed by atoms with Crippen LogP contribution in [0.4, 0.5) is 0 Å². The van der Waals surface area contributed by atoms with Crippen LogP contribution < -0.4 is 5.32 Å². The molecular formula is C15H26N2O. The molecule has 3 atom stereocenters. The molecule has 3 unspecified atom stereocenters. The fourth-order valence-corrected chi connectivity index (χ4v) is 4.34. The maximum Gasteiger partial charge on any atom is 0.244 e. The summed E-state index contributed by atoms with van der Waals surface area (Å²) < 4.78 is 0. The van der Waals surface area contributed by atoms with Crippen molar-refractivity contribution in [3.63, 3.8) is 0 Å². The third-order valence-corrected chi connectivity index (χ3v) is 5.34. The summed E-state index contributed by atoms with van der Waals surface area (Å²) in [5, 5.41) is 3.59. The number of carbonyl (C=O) groups excluding carboxylic acids is 1. The standard InChI is InChI=1S/C15H26N2O/c1-11-5-6-13(9-11)10-17-12(2)16-15(14(17)18)7-3-4-8-15/h11-13,16H,3-10H2,1-2H3. The Morgan fingerprint density at radius 3 is 2.61 bits per heavy atom. The zero-order chi connectivity index (χ0) is 12.8. The van der Waals surface area contributed by atoms with E-state index in [1.54, 1.807) is 0 Å². The van der Waals surface area contributed by atoms with Crippen molar-refractivity contribution in [2.75, 3.05) is 6.54 Å². The predicted molar refractivity (Wildman–Crippen MR) is 72.0 cm³/mol. The van der Waals surface area contributed by atoms with Crippen molar-refractivity contribution in [3.8, 4) is 0 Å². The molecule has 1 spiro atoms. The van der Waals surface area contributed by atoms with E-state index < -0.39 is 0 Å². The Morgan fingerprint density at radius 2 is 2.00 bits per heavy atom. The molecule has 2 aliphatic carbocycles. The lowest BCUT2D eigenvalue weighted by molar-refractivity contribution is -0.133. The molecule has 0 aromatic heterocycles. The highest BCUT2D eigenvalue weighted by Crippen LogP contribution is 2.38. The molecule has 1 aliphatic heterocycles. The Kier molecular flexibility index (Phi) is 3.13. The van der Waals surface area contributed by atoms with Crippen LogP contribution >= 0.6 is 0 Å². The van der Waals surface area contributed by atoms with E-state index in [-0.39, 0.29) is 11.7 Å². The molecule has 3 nitrogen and oxygen atoms in total. The van der Waals surface area contributed by atoms with Gasteiger partial charge in [-0.3, -0.25) is 10.1 Å². The van der Waals surface area contributed by atoms with Gasteiger partial charge in [0.25, 0.3) is 0 Å². The van der Waals surface area contributed by atoms with Gasteiger partial charge in [-0.25, -0.2) is 0 Å². The molecule has 3 rings (SSSR count). The van der Waals surface area contributed by atoms with Gasteiger partial charge in [-0.05, 0) is 44.4 Å². The first-order valence-electron chi connectivity index (χ1n) is 7.69. The smallest absolute Gasteiger partial charge is 0.244 e. The van der Waals surface area contributed by atoms with Gasteiger partial charge in [-0.1, -0.05) is 26.2 Å². The van der Waals surface area contributed by atoms with Gasteiger partial charge in [-0.2, -0.15) is 0 Å². The first kappa shape index (κ1) is 12.5. The second-order valence-electron chi connectivity index (χ2n) is 6.85. The van der Waals surface area contributed by atoms with Crippen molar-refractivity contribution in [2.45, 2.75) is 70.5 Å². The highest BCUT2D eigenvalue weighted by atomic mass is 16.2. The van der Waals surface area contributed by atoms with Crippen LogP contribution in [0.5, 0.6) is 0 Å². The molecule has 3 aliphatic rings. The van der Waals surface area contributed by atoms with E-state index in [9.17, 15) is 4.79 Å². The van der Waals surface area contributed by atoms with Gasteiger partial charge in [0.15, 0.2) is 0 Å². The van der Waals surface area contributed by atoms with E-state index in [0.717, 1.165) is 31.2 Å². The van der Waals surface area contributed by atoms with Gasteiger partial charge in [0.1, 0.15) is 0 Å². The molecule has 0 radical (unpaired) electrons. The van der Waals surface area contributed by atoms with E-state index in [0.29, 0.717) is 5.91 Å². The molecule has 3 heteroatoms. The molecule has 0 aromatic rings. The quantitative estimate of drug-likeness (QED) is 0.816. The minimum atomic E-state index is -0.177. The predicted octanol–water partition coefficient (Wildman–Crippen LogP) is 2.51. The number of amides is 1. The van der Waals surface area contributed by atoms with Crippen LogP contribution in [0.1, 0.15) is 58.8 Å². The lowest BCUT2D eigenvalue weighted by Crippen LogP contribution is -2.44. The Balaban J connectivity index is 1.67. The van der Waals surface area contributed by atoms with Crippen molar-refractivity contribution >= 4 is 5.91 Å². The van der Waals surface area contributed by atoms with Crippen LogP contribution in [-0.2, 0) is 4.79 Å². The average Bonchev–Trinajstić information content (AvgIpc) is 2.99. The first-order chi connectivity index (χ1) is 8.61. The van der Waals surface area contributed by atoms with Gasteiger partial charge >= 0.3 is 0 Å². The van der Waals surface area contributed by atoms with Crippen LogP contribution in [0.25, 0.3) is 0 Å². The van der Waals surface area contributed by atoms with E-state index in [1.165, 1.54) is 32.1 Å². The number of hydrogen-bond acceptors (Lipinski definition) is 2. The highest BCUT2D eigenvalue weighted by Gasteiger charge is 2.51. The van der Waals surface area contributed by atoms with E-state index in [1.807, 2.05) is 0 Å². The fraction of sp³-hybridized carbons (Fsp3) is 0.933. The van der Waals surface area contributed by atoms with Gasteiger partial charge < -0.3 is 4.90 Å². The number of rotatable bonds is 2. The number of nitrogens with one attached hydrogen (secondary N) is 1. The maximum absolute atomic E-state index is 12.7. The van der Waals surface area contributed by atoms with Crippen LogP contribution in [-0.4, -0.2) is 29.1 Å². The summed E-state index contributed by atoms with van der Waals surface area (Å²) >= 11 is 0. The third-order valence-electron chi connectivity index (χ3n) is 5.34. The molecule has 1 saturated heterocycles. The van der Waals surface area contributed by atoms with E-state index in [4.69, 9.17) is 0 Å². The van der Waals surface area contributed by atoms with Crippen molar-refractivity contribution in [2.24, 2.45) is 11.8 Å². The number of hydrogen-bond donors (Lipinski definition) is 1. The molecule has 102 valence electrons. The zero-order valence-electron chi connectivity index (χ0n) is 11.7. The molecule has 1 heterocycles. The fourth-order valence-electron chi connectivity index (χ4n) is 4.34. The zero-order valence-corrected chi connectivity index (χ0v) is 11.7. The van der Waals surface area contributed by atoms with E-state index in [2.05, 4.69) is 24.1 Å². The van der Waals surface area contributed by atoms with Crippen molar-refractivity contribution in [1.82, 2.24) is 10.2 Å². The molecule has 18 heavy (non-hydrogen) atoms. The summed E-state index contributed by atoms with van der Waals surface area (Å²) in [5.41, 5.74) is -0.177. The lowest BCUT2D eigenvalue weighted by atomic mass is 9.97. The molecule has 0 aromatic carbocycles. The molecule has 3 fully saturated rings. The van der Waals surface area contributed by atoms with Crippen LogP contribution in [0.3, 0.4) is 0 Å². The lowest BCUT2D eigenvalue weighted by Gasteiger charge is -2.25. The van der Waals surface area contributed by atoms with Crippen molar-refractivity contribution in [3.05, 3.63) is 0 Å². The molecule has 1 amide bonds. The average molecular weight is 250 g/mol. The number of carbonyl (C=O) groups is 1. The monoisotopic (exact) mass is 250 g/mol. The molecule has 1 N–H and O–H groups in total. The summed E-state index contributed by atoms with van der Waals surface area (Å²) in [7, 11) is 0. The molecule has 0 bridgehead atoms. The van der Waals surface area contributed by atoms with Crippen LogP contribution in [0.2, 0.25) is 0 Å². The first-order valence-corrected chi connectivity index (χ1v) is 7.69. The van der Waals surface area contributed by atoms with Crippen LogP contribution in [0.15, 0.2) is 0 Å². The van der Waals surface area contributed by atoms with Gasteiger partial charge in [0.2, 0.25) is 5.91 Å². The summed E-state index contributed by atoms with van der Waals surface area (Å²) in [6.45, 7) is 5.48. The summed E-state index contributed by atoms with van der Waals surface area (Å²) in [5.74, 6) is 1.99. The van der Waals surface area contributed by atoms with Crippen molar-refractivity contribution in [1.29, 1.82) is 0 Å².